The van der Waals surface area contributed by atoms with E-state index in [-0.39, 0.29) is 37.4 Å². The smallest absolute Gasteiger partial charge is 0.410 e. The van der Waals surface area contributed by atoms with E-state index < -0.39 is 5.97 Å². The molecule has 0 bridgehead atoms. The van der Waals surface area contributed by atoms with Crippen LogP contribution in [0.1, 0.15) is 44.1 Å². The number of carbonyl (C=O) groups is 2. The summed E-state index contributed by atoms with van der Waals surface area (Å²) in [4.78, 5) is 25.5. The number of hydrogen-bond donors (Lipinski definition) is 2. The van der Waals surface area contributed by atoms with E-state index in [2.05, 4.69) is 5.32 Å². The second kappa shape index (κ2) is 8.34. The first kappa shape index (κ1) is 17.7. The van der Waals surface area contributed by atoms with Crippen molar-refractivity contribution in [2.75, 3.05) is 6.54 Å². The van der Waals surface area contributed by atoms with Crippen LogP contribution < -0.4 is 5.32 Å². The Labute approximate surface area is 148 Å². The van der Waals surface area contributed by atoms with E-state index in [1.807, 2.05) is 35.2 Å². The summed E-state index contributed by atoms with van der Waals surface area (Å²) in [6.45, 7) is 0.196. The molecular formula is C19H26N2O4. The van der Waals surface area contributed by atoms with Gasteiger partial charge in [-0.15, -0.1) is 0 Å². The Morgan fingerprint density at radius 2 is 1.84 bits per heavy atom. The Morgan fingerprint density at radius 1 is 1.12 bits per heavy atom. The lowest BCUT2D eigenvalue weighted by atomic mass is 9.89. The maximum atomic E-state index is 12.7. The van der Waals surface area contributed by atoms with Crippen molar-refractivity contribution in [3.05, 3.63) is 35.9 Å². The highest BCUT2D eigenvalue weighted by Crippen LogP contribution is 2.34. The summed E-state index contributed by atoms with van der Waals surface area (Å²) >= 11 is 0. The van der Waals surface area contributed by atoms with Crippen molar-refractivity contribution in [1.29, 1.82) is 0 Å². The van der Waals surface area contributed by atoms with E-state index in [9.17, 15) is 9.59 Å². The number of aliphatic carboxylic acids is 1. The molecule has 6 nitrogen and oxygen atoms in total. The lowest BCUT2D eigenvalue weighted by Crippen LogP contribution is -2.55. The number of amides is 1. The number of nitrogens with one attached hydrogen (secondary N) is 1. The minimum absolute atomic E-state index is 0.0175. The molecule has 1 aromatic rings. The average molecular weight is 346 g/mol. The van der Waals surface area contributed by atoms with Crippen molar-refractivity contribution in [2.24, 2.45) is 0 Å². The first-order valence-corrected chi connectivity index (χ1v) is 9.09. The van der Waals surface area contributed by atoms with Gasteiger partial charge in [0.2, 0.25) is 0 Å². The second-order valence-corrected chi connectivity index (χ2v) is 6.91. The molecule has 0 aromatic heterocycles. The number of carboxylic acids is 1. The van der Waals surface area contributed by atoms with Crippen molar-refractivity contribution in [3.8, 4) is 0 Å². The van der Waals surface area contributed by atoms with E-state index >= 15 is 0 Å². The molecular weight excluding hydrogens is 320 g/mol. The minimum atomic E-state index is -0.867. The number of hydrogen-bond acceptors (Lipinski definition) is 4. The molecule has 2 fully saturated rings. The Bertz CT molecular complexity index is 588. The Morgan fingerprint density at radius 3 is 2.52 bits per heavy atom. The number of ether oxygens (including phenoxy) is 1. The number of nitrogens with zero attached hydrogens (tertiary/aromatic N) is 1. The van der Waals surface area contributed by atoms with Gasteiger partial charge >= 0.3 is 12.1 Å². The fraction of sp³-hybridized carbons (Fsp3) is 0.579. The molecule has 1 amide bonds. The molecule has 0 spiro atoms. The van der Waals surface area contributed by atoms with Crippen molar-refractivity contribution in [2.45, 2.75) is 63.3 Å². The van der Waals surface area contributed by atoms with Gasteiger partial charge in [-0.3, -0.25) is 4.79 Å². The number of carbonyl (C=O) groups excluding carboxylic acids is 1. The number of rotatable bonds is 7. The molecule has 6 heteroatoms. The van der Waals surface area contributed by atoms with E-state index in [1.165, 1.54) is 0 Å². The summed E-state index contributed by atoms with van der Waals surface area (Å²) in [5, 5.41) is 12.1. The van der Waals surface area contributed by atoms with Gasteiger partial charge in [0.1, 0.15) is 6.61 Å². The third-order valence-electron chi connectivity index (χ3n) is 4.96. The summed E-state index contributed by atoms with van der Waals surface area (Å²) in [6, 6.07) is 9.94. The van der Waals surface area contributed by atoms with Gasteiger partial charge in [0.25, 0.3) is 0 Å². The zero-order chi connectivity index (χ0) is 17.6. The molecule has 1 aromatic carbocycles. The highest BCUT2D eigenvalue weighted by Gasteiger charge is 2.42. The molecule has 0 radical (unpaired) electrons. The maximum Gasteiger partial charge on any atom is 0.410 e. The van der Waals surface area contributed by atoms with Crippen LogP contribution >= 0.6 is 0 Å². The molecule has 0 heterocycles. The van der Waals surface area contributed by atoms with Gasteiger partial charge in [0.15, 0.2) is 0 Å². The lowest BCUT2D eigenvalue weighted by molar-refractivity contribution is -0.136. The second-order valence-electron chi connectivity index (χ2n) is 6.91. The predicted octanol–water partition coefficient (Wildman–Crippen LogP) is 2.77. The monoisotopic (exact) mass is 346 g/mol. The van der Waals surface area contributed by atoms with Crippen molar-refractivity contribution < 1.29 is 19.4 Å². The van der Waals surface area contributed by atoms with Crippen LogP contribution in [-0.2, 0) is 16.1 Å². The normalized spacial score (nSPS) is 23.0. The summed E-state index contributed by atoms with van der Waals surface area (Å²) < 4.78 is 5.56. The molecule has 2 N–H and O–H groups in total. The van der Waals surface area contributed by atoms with E-state index in [0.29, 0.717) is 0 Å². The molecule has 2 atom stereocenters. The highest BCUT2D eigenvalue weighted by molar-refractivity contribution is 5.70. The molecule has 3 rings (SSSR count). The largest absolute Gasteiger partial charge is 0.480 e. The van der Waals surface area contributed by atoms with E-state index in [1.54, 1.807) is 0 Å². The summed E-state index contributed by atoms with van der Waals surface area (Å²) in [7, 11) is 0. The molecule has 2 aliphatic carbocycles. The van der Waals surface area contributed by atoms with Crippen LogP contribution in [0.2, 0.25) is 0 Å². The quantitative estimate of drug-likeness (QED) is 0.794. The van der Waals surface area contributed by atoms with E-state index in [0.717, 1.165) is 44.1 Å². The van der Waals surface area contributed by atoms with Crippen LogP contribution in [0.5, 0.6) is 0 Å². The fourth-order valence-corrected chi connectivity index (χ4v) is 3.60. The van der Waals surface area contributed by atoms with Crippen molar-refractivity contribution in [1.82, 2.24) is 10.2 Å². The Kier molecular flexibility index (Phi) is 5.91. The molecule has 0 unspecified atom stereocenters. The lowest BCUT2D eigenvalue weighted by Gasteiger charge is -2.39. The van der Waals surface area contributed by atoms with Crippen LogP contribution in [0.3, 0.4) is 0 Å². The van der Waals surface area contributed by atoms with Gasteiger partial charge in [0.05, 0.1) is 12.6 Å². The van der Waals surface area contributed by atoms with E-state index in [4.69, 9.17) is 9.84 Å². The zero-order valence-corrected chi connectivity index (χ0v) is 14.4. The number of benzene rings is 1. The molecule has 2 aliphatic rings. The van der Waals surface area contributed by atoms with Crippen LogP contribution in [-0.4, -0.2) is 46.7 Å². The maximum absolute atomic E-state index is 12.7. The van der Waals surface area contributed by atoms with Gasteiger partial charge in [-0.2, -0.15) is 0 Å². The van der Waals surface area contributed by atoms with Gasteiger partial charge in [-0.05, 0) is 31.2 Å². The standard InChI is InChI=1S/C19H26N2O4/c22-18(23)12-20-16-8-4-5-9-17(16)21(15-10-11-15)19(24)25-13-14-6-2-1-3-7-14/h1-3,6-7,15-17,20H,4-5,8-13H2,(H,22,23)/t16-,17-/m0/s1. The molecule has 0 aliphatic heterocycles. The molecule has 0 saturated heterocycles. The first-order valence-electron chi connectivity index (χ1n) is 9.09. The third-order valence-corrected chi connectivity index (χ3v) is 4.96. The molecule has 136 valence electrons. The summed E-state index contributed by atoms with van der Waals surface area (Å²) in [5.41, 5.74) is 0.968. The van der Waals surface area contributed by atoms with Gasteiger partial charge in [-0.1, -0.05) is 43.2 Å². The van der Waals surface area contributed by atoms with Crippen molar-refractivity contribution >= 4 is 12.1 Å². The van der Waals surface area contributed by atoms with Crippen LogP contribution in [0, 0.1) is 0 Å². The topological polar surface area (TPSA) is 78.9 Å². The van der Waals surface area contributed by atoms with Gasteiger partial charge in [-0.25, -0.2) is 4.79 Å². The highest BCUT2D eigenvalue weighted by atomic mass is 16.6. The first-order chi connectivity index (χ1) is 12.1. The van der Waals surface area contributed by atoms with Crippen LogP contribution in [0.4, 0.5) is 4.79 Å². The Hall–Kier alpha value is -2.08. The molecule has 2 saturated carbocycles. The minimum Gasteiger partial charge on any atom is -0.480 e. The van der Waals surface area contributed by atoms with Crippen LogP contribution in [0.15, 0.2) is 30.3 Å². The fourth-order valence-electron chi connectivity index (χ4n) is 3.60. The summed E-state index contributed by atoms with van der Waals surface area (Å²) in [5.74, 6) is -0.867. The molecule has 25 heavy (non-hydrogen) atoms. The van der Waals surface area contributed by atoms with Gasteiger partial charge in [0, 0.05) is 12.1 Å². The Balaban J connectivity index is 1.64. The third kappa shape index (κ3) is 4.95. The average Bonchev–Trinajstić information content (AvgIpc) is 3.45. The number of carboxylic acid groups (broad SMARTS) is 1. The van der Waals surface area contributed by atoms with Crippen molar-refractivity contribution in [3.63, 3.8) is 0 Å². The predicted molar refractivity (Wildman–Crippen MR) is 93.2 cm³/mol. The SMILES string of the molecule is O=C(O)CN[C@H]1CCCC[C@@H]1N(C(=O)OCc1ccccc1)C1CC1. The van der Waals surface area contributed by atoms with Crippen LogP contribution in [0.25, 0.3) is 0 Å². The zero-order valence-electron chi connectivity index (χ0n) is 14.4. The van der Waals surface area contributed by atoms with Gasteiger partial charge < -0.3 is 20.1 Å². The summed E-state index contributed by atoms with van der Waals surface area (Å²) in [6.07, 6.45) is 5.64.